The summed E-state index contributed by atoms with van der Waals surface area (Å²) in [5.74, 6) is 1.53. The summed E-state index contributed by atoms with van der Waals surface area (Å²) < 4.78 is 13.1. The van der Waals surface area contributed by atoms with Gasteiger partial charge in [0.25, 0.3) is 0 Å². The van der Waals surface area contributed by atoms with Crippen LogP contribution in [0.2, 0.25) is 0 Å². The number of ether oxygens (including phenoxy) is 2. The van der Waals surface area contributed by atoms with E-state index in [1.165, 1.54) is 5.56 Å². The van der Waals surface area contributed by atoms with Crippen LogP contribution in [-0.4, -0.2) is 47.4 Å². The zero-order chi connectivity index (χ0) is 21.7. The summed E-state index contributed by atoms with van der Waals surface area (Å²) >= 11 is 0. The van der Waals surface area contributed by atoms with Gasteiger partial charge in [0.2, 0.25) is 5.91 Å². The van der Waals surface area contributed by atoms with Gasteiger partial charge < -0.3 is 14.4 Å². The smallest absolute Gasteiger partial charge is 0.244 e. The lowest BCUT2D eigenvalue weighted by Crippen LogP contribution is -2.43. The van der Waals surface area contributed by atoms with E-state index < -0.39 is 0 Å². The van der Waals surface area contributed by atoms with E-state index in [2.05, 4.69) is 18.1 Å². The Morgan fingerprint density at radius 3 is 2.80 bits per heavy atom. The lowest BCUT2D eigenvalue weighted by atomic mass is 9.99. The van der Waals surface area contributed by atoms with Crippen molar-refractivity contribution in [1.82, 2.24) is 14.7 Å². The molecule has 30 heavy (non-hydrogen) atoms. The first kappa shape index (κ1) is 21.7. The van der Waals surface area contributed by atoms with Gasteiger partial charge in [0, 0.05) is 30.8 Å². The second-order valence-electron chi connectivity index (χ2n) is 7.80. The number of hydrogen-bond donors (Lipinski definition) is 0. The van der Waals surface area contributed by atoms with Crippen molar-refractivity contribution in [1.29, 1.82) is 5.26 Å². The number of nitrogens with zero attached hydrogens (tertiary/aromatic N) is 4. The third-order valence-electron chi connectivity index (χ3n) is 5.81. The van der Waals surface area contributed by atoms with Crippen LogP contribution >= 0.6 is 0 Å². The average molecular weight is 411 g/mol. The topological polar surface area (TPSA) is 80.4 Å². The fraction of sp³-hybridized carbons (Fsp3) is 0.522. The van der Waals surface area contributed by atoms with Gasteiger partial charge in [-0.1, -0.05) is 6.92 Å². The Kier molecular flexibility index (Phi) is 6.99. The van der Waals surface area contributed by atoms with Gasteiger partial charge in [-0.15, -0.1) is 0 Å². The van der Waals surface area contributed by atoms with Gasteiger partial charge >= 0.3 is 0 Å². The summed E-state index contributed by atoms with van der Waals surface area (Å²) in [6.45, 7) is 8.38. The molecule has 1 aromatic heterocycles. The van der Waals surface area contributed by atoms with E-state index >= 15 is 0 Å². The number of hydrogen-bond acceptors (Lipinski definition) is 5. The maximum absolute atomic E-state index is 12.9. The van der Waals surface area contributed by atoms with Crippen LogP contribution in [0.5, 0.6) is 11.5 Å². The molecule has 3 rings (SSSR count). The minimum absolute atomic E-state index is 0.101. The Bertz CT molecular complexity index is 945. The van der Waals surface area contributed by atoms with E-state index in [1.807, 2.05) is 23.4 Å². The summed E-state index contributed by atoms with van der Waals surface area (Å²) in [5, 5.41) is 13.6. The van der Waals surface area contributed by atoms with Gasteiger partial charge in [0.1, 0.15) is 6.54 Å². The minimum atomic E-state index is 0.101. The Hall–Kier alpha value is -3.01. The summed E-state index contributed by atoms with van der Waals surface area (Å²) in [7, 11) is 1.56. The van der Waals surface area contributed by atoms with E-state index in [0.29, 0.717) is 30.2 Å². The number of amides is 1. The van der Waals surface area contributed by atoms with Crippen LogP contribution in [0, 0.1) is 31.1 Å². The van der Waals surface area contributed by atoms with Crippen molar-refractivity contribution in [3.05, 3.63) is 40.7 Å². The summed E-state index contributed by atoms with van der Waals surface area (Å²) in [4.78, 5) is 14.8. The maximum atomic E-state index is 12.9. The number of likely N-dealkylation sites (tertiary alicyclic amines) is 1. The van der Waals surface area contributed by atoms with Crippen LogP contribution in [0.3, 0.4) is 0 Å². The molecule has 1 fully saturated rings. The molecule has 0 spiro atoms. The Balaban J connectivity index is 1.59. The van der Waals surface area contributed by atoms with E-state index in [-0.39, 0.29) is 18.4 Å². The SMILES string of the molecule is CCc1c(C)nn(CC(=O)N2CCCC(COc3ccc(C#N)cc3OC)C2)c1C. The highest BCUT2D eigenvalue weighted by atomic mass is 16.5. The predicted octanol–water partition coefficient (Wildman–Crippen LogP) is 3.26. The lowest BCUT2D eigenvalue weighted by molar-refractivity contribution is -0.134. The average Bonchev–Trinajstić information content (AvgIpc) is 3.04. The van der Waals surface area contributed by atoms with Crippen molar-refractivity contribution < 1.29 is 14.3 Å². The van der Waals surface area contributed by atoms with E-state index in [4.69, 9.17) is 14.7 Å². The van der Waals surface area contributed by atoms with Gasteiger partial charge in [-0.3, -0.25) is 9.48 Å². The molecular weight excluding hydrogens is 380 g/mol. The van der Waals surface area contributed by atoms with Crippen molar-refractivity contribution in [3.8, 4) is 17.6 Å². The van der Waals surface area contributed by atoms with E-state index in [0.717, 1.165) is 37.2 Å². The molecule has 2 heterocycles. The zero-order valence-corrected chi connectivity index (χ0v) is 18.3. The number of carbonyl (C=O) groups is 1. The van der Waals surface area contributed by atoms with Crippen LogP contribution in [0.1, 0.15) is 42.3 Å². The molecule has 1 aromatic carbocycles. The molecule has 1 saturated heterocycles. The summed E-state index contributed by atoms with van der Waals surface area (Å²) in [6, 6.07) is 7.25. The molecule has 0 saturated carbocycles. The van der Waals surface area contributed by atoms with Crippen LogP contribution in [0.4, 0.5) is 0 Å². The molecule has 0 bridgehead atoms. The quantitative estimate of drug-likeness (QED) is 0.700. The Morgan fingerprint density at radius 2 is 2.13 bits per heavy atom. The van der Waals surface area contributed by atoms with Crippen LogP contribution in [0.25, 0.3) is 0 Å². The highest BCUT2D eigenvalue weighted by Gasteiger charge is 2.25. The van der Waals surface area contributed by atoms with Crippen LogP contribution < -0.4 is 9.47 Å². The van der Waals surface area contributed by atoms with Crippen molar-refractivity contribution in [2.75, 3.05) is 26.8 Å². The van der Waals surface area contributed by atoms with Crippen LogP contribution in [0.15, 0.2) is 18.2 Å². The van der Waals surface area contributed by atoms with Crippen molar-refractivity contribution in [2.24, 2.45) is 5.92 Å². The normalized spacial score (nSPS) is 16.2. The summed E-state index contributed by atoms with van der Waals surface area (Å²) in [6.07, 6.45) is 2.90. The molecule has 0 N–H and O–H groups in total. The first-order valence-electron chi connectivity index (χ1n) is 10.5. The summed E-state index contributed by atoms with van der Waals surface area (Å²) in [5.41, 5.74) is 3.84. The molecule has 1 amide bonds. The largest absolute Gasteiger partial charge is 0.493 e. The molecule has 160 valence electrons. The Morgan fingerprint density at radius 1 is 1.33 bits per heavy atom. The van der Waals surface area contributed by atoms with Gasteiger partial charge in [-0.05, 0) is 50.8 Å². The number of piperidine rings is 1. The molecule has 7 heteroatoms. The molecule has 1 aliphatic rings. The molecule has 0 radical (unpaired) electrons. The molecule has 2 aromatic rings. The maximum Gasteiger partial charge on any atom is 0.244 e. The molecule has 0 aliphatic carbocycles. The molecule has 1 aliphatic heterocycles. The zero-order valence-electron chi connectivity index (χ0n) is 18.3. The number of aryl methyl sites for hydroxylation is 1. The molecule has 1 atom stereocenters. The van der Waals surface area contributed by atoms with E-state index in [1.54, 1.807) is 25.3 Å². The monoisotopic (exact) mass is 410 g/mol. The van der Waals surface area contributed by atoms with Crippen molar-refractivity contribution in [2.45, 2.75) is 46.6 Å². The number of nitriles is 1. The van der Waals surface area contributed by atoms with Gasteiger partial charge in [-0.2, -0.15) is 10.4 Å². The highest BCUT2D eigenvalue weighted by molar-refractivity contribution is 5.76. The number of rotatable bonds is 7. The minimum Gasteiger partial charge on any atom is -0.493 e. The first-order valence-corrected chi connectivity index (χ1v) is 10.5. The predicted molar refractivity (Wildman–Crippen MR) is 114 cm³/mol. The first-order chi connectivity index (χ1) is 14.5. The third kappa shape index (κ3) is 4.76. The second-order valence-corrected chi connectivity index (χ2v) is 7.80. The highest BCUT2D eigenvalue weighted by Crippen LogP contribution is 2.29. The van der Waals surface area contributed by atoms with Crippen molar-refractivity contribution >= 4 is 5.91 Å². The third-order valence-corrected chi connectivity index (χ3v) is 5.81. The lowest BCUT2D eigenvalue weighted by Gasteiger charge is -2.33. The second kappa shape index (κ2) is 9.66. The fourth-order valence-electron chi connectivity index (χ4n) is 4.12. The van der Waals surface area contributed by atoms with Gasteiger partial charge in [0.05, 0.1) is 31.0 Å². The van der Waals surface area contributed by atoms with Crippen LogP contribution in [-0.2, 0) is 17.8 Å². The van der Waals surface area contributed by atoms with Gasteiger partial charge in [0.15, 0.2) is 11.5 Å². The number of aromatic nitrogens is 2. The number of carbonyl (C=O) groups excluding carboxylic acids is 1. The standard InChI is InChI=1S/C23H30N4O3/c1-5-20-16(2)25-27(17(20)3)14-23(28)26-10-6-7-19(13-26)15-30-21-9-8-18(12-24)11-22(21)29-4/h8-9,11,19H,5-7,10,13-15H2,1-4H3. The number of benzene rings is 1. The molecular formula is C23H30N4O3. The fourth-order valence-corrected chi connectivity index (χ4v) is 4.12. The van der Waals surface area contributed by atoms with Gasteiger partial charge in [-0.25, -0.2) is 0 Å². The molecule has 1 unspecified atom stereocenters. The van der Waals surface area contributed by atoms with Crippen molar-refractivity contribution in [3.63, 3.8) is 0 Å². The van der Waals surface area contributed by atoms with E-state index in [9.17, 15) is 4.79 Å². The molecule has 7 nitrogen and oxygen atoms in total. The number of methoxy groups -OCH3 is 1. The Labute approximate surface area is 178 Å².